The second kappa shape index (κ2) is 13.4. The molecule has 0 saturated heterocycles. The van der Waals surface area contributed by atoms with Crippen molar-refractivity contribution in [1.29, 1.82) is 0 Å². The number of esters is 1. The van der Waals surface area contributed by atoms with E-state index >= 15 is 0 Å². The number of hydrogen-bond donors (Lipinski definition) is 1. The Balaban J connectivity index is 1.50. The first-order valence-electron chi connectivity index (χ1n) is 12.8. The standard InChI is InChI=1S/C30H31ClN4O4S2/c1-7-12-35-27(20(5)39-24-11-10-21(31)14-19(24)4)33-34-30(35)41-16-25(36)32-28-26(29(37)38-6)23(15-40-28)22-13-17(2)8-9-18(22)3/h7-11,13-15,20H,1,12,16H2,2-6H3,(H,32,36). The number of aromatic nitrogens is 3. The van der Waals surface area contributed by atoms with E-state index in [9.17, 15) is 9.59 Å². The van der Waals surface area contributed by atoms with Gasteiger partial charge in [0.2, 0.25) is 5.91 Å². The molecule has 1 amide bonds. The van der Waals surface area contributed by atoms with Gasteiger partial charge in [-0.15, -0.1) is 28.1 Å². The van der Waals surface area contributed by atoms with E-state index in [1.165, 1.54) is 30.2 Å². The number of anilines is 1. The van der Waals surface area contributed by atoms with Crippen molar-refractivity contribution in [1.82, 2.24) is 14.8 Å². The Bertz CT molecular complexity index is 1600. The predicted molar refractivity (Wildman–Crippen MR) is 165 cm³/mol. The fourth-order valence-corrected chi connectivity index (χ4v) is 6.21. The smallest absolute Gasteiger partial charge is 0.341 e. The molecule has 2 heterocycles. The minimum atomic E-state index is -0.509. The number of carbonyl (C=O) groups is 2. The molecule has 0 bridgehead atoms. The lowest BCUT2D eigenvalue weighted by atomic mass is 9.97. The second-order valence-corrected chi connectivity index (χ2v) is 11.7. The third kappa shape index (κ3) is 7.01. The van der Waals surface area contributed by atoms with Crippen LogP contribution < -0.4 is 10.1 Å². The maximum atomic E-state index is 13.0. The molecule has 214 valence electrons. The van der Waals surface area contributed by atoms with Crippen LogP contribution in [0, 0.1) is 20.8 Å². The largest absolute Gasteiger partial charge is 0.482 e. The van der Waals surface area contributed by atoms with Gasteiger partial charge >= 0.3 is 5.97 Å². The van der Waals surface area contributed by atoms with Gasteiger partial charge < -0.3 is 14.8 Å². The van der Waals surface area contributed by atoms with Crippen molar-refractivity contribution in [2.24, 2.45) is 0 Å². The Morgan fingerprint density at radius 2 is 1.93 bits per heavy atom. The summed E-state index contributed by atoms with van der Waals surface area (Å²) in [5.74, 6) is 0.557. The van der Waals surface area contributed by atoms with Crippen molar-refractivity contribution in [3.8, 4) is 16.9 Å². The Morgan fingerprint density at radius 3 is 2.63 bits per heavy atom. The quantitative estimate of drug-likeness (QED) is 0.107. The van der Waals surface area contributed by atoms with E-state index in [0.717, 1.165) is 27.8 Å². The van der Waals surface area contributed by atoms with Crippen LogP contribution in [-0.2, 0) is 16.1 Å². The molecule has 1 atom stereocenters. The Morgan fingerprint density at radius 1 is 1.15 bits per heavy atom. The average molecular weight is 611 g/mol. The van der Waals surface area contributed by atoms with Crippen molar-refractivity contribution in [2.75, 3.05) is 18.2 Å². The van der Waals surface area contributed by atoms with Gasteiger partial charge in [-0.25, -0.2) is 4.79 Å². The van der Waals surface area contributed by atoms with E-state index in [0.29, 0.717) is 38.9 Å². The molecule has 0 fully saturated rings. The van der Waals surface area contributed by atoms with E-state index in [2.05, 4.69) is 22.1 Å². The number of halogens is 1. The molecule has 4 aromatic rings. The third-order valence-corrected chi connectivity index (χ3v) is 8.41. The van der Waals surface area contributed by atoms with Gasteiger partial charge in [0.05, 0.1) is 12.9 Å². The molecule has 0 spiro atoms. The molecule has 1 N–H and O–H groups in total. The number of hydrogen-bond acceptors (Lipinski definition) is 8. The lowest BCUT2D eigenvalue weighted by Crippen LogP contribution is -2.17. The Hall–Kier alpha value is -3.60. The fraction of sp³-hybridized carbons (Fsp3) is 0.267. The summed E-state index contributed by atoms with van der Waals surface area (Å²) in [6.45, 7) is 12.1. The number of amides is 1. The zero-order valence-corrected chi connectivity index (χ0v) is 25.9. The molecule has 8 nitrogen and oxygen atoms in total. The monoisotopic (exact) mass is 610 g/mol. The van der Waals surface area contributed by atoms with Crippen LogP contribution in [0.25, 0.3) is 11.1 Å². The highest BCUT2D eigenvalue weighted by molar-refractivity contribution is 7.99. The van der Waals surface area contributed by atoms with Gasteiger partial charge in [-0.05, 0) is 62.6 Å². The number of rotatable bonds is 11. The molecule has 41 heavy (non-hydrogen) atoms. The molecule has 0 radical (unpaired) electrons. The van der Waals surface area contributed by atoms with Crippen LogP contribution in [0.2, 0.25) is 5.02 Å². The number of benzene rings is 2. The molecular weight excluding hydrogens is 580 g/mol. The van der Waals surface area contributed by atoms with Gasteiger partial charge in [-0.1, -0.05) is 53.2 Å². The van der Waals surface area contributed by atoms with Crippen LogP contribution >= 0.6 is 34.7 Å². The molecule has 0 aliphatic heterocycles. The van der Waals surface area contributed by atoms with Crippen molar-refractivity contribution in [2.45, 2.75) is 45.5 Å². The van der Waals surface area contributed by atoms with Crippen LogP contribution in [0.3, 0.4) is 0 Å². The van der Waals surface area contributed by atoms with Gasteiger partial charge in [0.1, 0.15) is 16.3 Å². The Labute approximate surface area is 252 Å². The first-order valence-corrected chi connectivity index (χ1v) is 15.0. The summed E-state index contributed by atoms with van der Waals surface area (Å²) in [4.78, 5) is 25.8. The zero-order chi connectivity index (χ0) is 29.7. The predicted octanol–water partition coefficient (Wildman–Crippen LogP) is 7.43. The van der Waals surface area contributed by atoms with E-state index in [1.54, 1.807) is 12.1 Å². The number of nitrogens with one attached hydrogen (secondary N) is 1. The lowest BCUT2D eigenvalue weighted by molar-refractivity contribution is -0.113. The van der Waals surface area contributed by atoms with Crippen molar-refractivity contribution < 1.29 is 19.1 Å². The second-order valence-electron chi connectivity index (χ2n) is 9.41. The number of methoxy groups -OCH3 is 1. The average Bonchev–Trinajstić information content (AvgIpc) is 3.54. The van der Waals surface area contributed by atoms with Crippen LogP contribution in [0.1, 0.15) is 45.9 Å². The number of thioether (sulfide) groups is 1. The number of thiophene rings is 1. The topological polar surface area (TPSA) is 95.3 Å². The Kier molecular flexibility index (Phi) is 9.90. The van der Waals surface area contributed by atoms with Crippen molar-refractivity contribution in [3.05, 3.63) is 87.5 Å². The molecule has 0 aliphatic rings. The lowest BCUT2D eigenvalue weighted by Gasteiger charge is -2.17. The van der Waals surface area contributed by atoms with E-state index in [-0.39, 0.29) is 11.7 Å². The highest BCUT2D eigenvalue weighted by Gasteiger charge is 2.24. The summed E-state index contributed by atoms with van der Waals surface area (Å²) in [7, 11) is 1.33. The molecule has 2 aromatic heterocycles. The van der Waals surface area contributed by atoms with Gasteiger partial charge in [-0.2, -0.15) is 0 Å². The molecule has 0 saturated carbocycles. The first kappa shape index (κ1) is 30.4. The van der Waals surface area contributed by atoms with E-state index in [4.69, 9.17) is 21.1 Å². The molecule has 11 heteroatoms. The molecular formula is C30H31ClN4O4S2. The molecule has 1 unspecified atom stereocenters. The summed E-state index contributed by atoms with van der Waals surface area (Å²) in [6.07, 6.45) is 1.32. The van der Waals surface area contributed by atoms with Crippen LogP contribution in [0.4, 0.5) is 5.00 Å². The first-order chi connectivity index (χ1) is 19.6. The zero-order valence-electron chi connectivity index (χ0n) is 23.5. The maximum Gasteiger partial charge on any atom is 0.341 e. The van der Waals surface area contributed by atoms with Crippen LogP contribution in [-0.4, -0.2) is 39.5 Å². The van der Waals surface area contributed by atoms with Gasteiger partial charge in [0.15, 0.2) is 17.1 Å². The van der Waals surface area contributed by atoms with Gasteiger partial charge in [0.25, 0.3) is 0 Å². The summed E-state index contributed by atoms with van der Waals surface area (Å²) in [5, 5.41) is 15.0. The SMILES string of the molecule is C=CCn1c(SCC(=O)Nc2scc(-c3cc(C)ccc3C)c2C(=O)OC)nnc1C(C)Oc1ccc(Cl)cc1C. The van der Waals surface area contributed by atoms with E-state index in [1.807, 2.05) is 68.0 Å². The number of allylic oxidation sites excluding steroid dienone is 1. The minimum absolute atomic E-state index is 0.0537. The number of nitrogens with zero attached hydrogens (tertiary/aromatic N) is 3. The number of ether oxygens (including phenoxy) is 2. The maximum absolute atomic E-state index is 13.0. The van der Waals surface area contributed by atoms with E-state index < -0.39 is 12.1 Å². The summed E-state index contributed by atoms with van der Waals surface area (Å²) in [6, 6.07) is 11.5. The summed E-state index contributed by atoms with van der Waals surface area (Å²) < 4.78 is 13.1. The molecule has 4 rings (SSSR count). The van der Waals surface area contributed by atoms with Crippen LogP contribution in [0.5, 0.6) is 5.75 Å². The number of aryl methyl sites for hydroxylation is 3. The molecule has 2 aromatic carbocycles. The summed E-state index contributed by atoms with van der Waals surface area (Å²) >= 11 is 8.60. The highest BCUT2D eigenvalue weighted by atomic mass is 35.5. The van der Waals surface area contributed by atoms with Gasteiger partial charge in [0, 0.05) is 22.5 Å². The highest BCUT2D eigenvalue weighted by Crippen LogP contribution is 2.38. The van der Waals surface area contributed by atoms with Crippen LogP contribution in [0.15, 0.2) is 59.6 Å². The van der Waals surface area contributed by atoms with Crippen molar-refractivity contribution >= 4 is 51.6 Å². The summed E-state index contributed by atoms with van der Waals surface area (Å²) in [5.41, 5.74) is 4.99. The molecule has 0 aliphatic carbocycles. The third-order valence-electron chi connectivity index (χ3n) is 6.31. The van der Waals surface area contributed by atoms with Crippen molar-refractivity contribution in [3.63, 3.8) is 0 Å². The minimum Gasteiger partial charge on any atom is -0.482 e. The normalized spacial score (nSPS) is 11.7. The van der Waals surface area contributed by atoms with Gasteiger partial charge in [-0.3, -0.25) is 9.36 Å². The fourth-order valence-electron chi connectivity index (χ4n) is 4.27. The number of carbonyl (C=O) groups excluding carboxylic acids is 2.